The Bertz CT molecular complexity index is 498. The van der Waals surface area contributed by atoms with Crippen molar-refractivity contribution in [3.63, 3.8) is 0 Å². The maximum Gasteiger partial charge on any atom is 0.124 e. The lowest BCUT2D eigenvalue weighted by molar-refractivity contribution is 0.315. The van der Waals surface area contributed by atoms with Gasteiger partial charge in [0.1, 0.15) is 5.01 Å². The molecular formula is C13H18ClN3S2. The van der Waals surface area contributed by atoms with E-state index in [1.54, 1.807) is 22.7 Å². The fourth-order valence-corrected chi connectivity index (χ4v) is 3.90. The van der Waals surface area contributed by atoms with Gasteiger partial charge in [0.2, 0.25) is 0 Å². The van der Waals surface area contributed by atoms with Gasteiger partial charge in [0.05, 0.1) is 5.69 Å². The lowest BCUT2D eigenvalue weighted by Crippen LogP contribution is -2.22. The van der Waals surface area contributed by atoms with E-state index in [-0.39, 0.29) is 12.4 Å². The molecule has 6 heteroatoms. The zero-order chi connectivity index (χ0) is 12.4. The minimum Gasteiger partial charge on any atom is -0.330 e. The molecule has 104 valence electrons. The van der Waals surface area contributed by atoms with Gasteiger partial charge in [0.25, 0.3) is 0 Å². The first-order valence-electron chi connectivity index (χ1n) is 6.24. The molecule has 3 heterocycles. The molecule has 1 aliphatic rings. The first-order valence-corrected chi connectivity index (χ1v) is 8.07. The Labute approximate surface area is 127 Å². The molecular weight excluding hydrogens is 298 g/mol. The number of thiophene rings is 1. The molecule has 1 atom stereocenters. The van der Waals surface area contributed by atoms with E-state index in [4.69, 9.17) is 10.7 Å². The average Bonchev–Trinajstić information content (AvgIpc) is 3.10. The summed E-state index contributed by atoms with van der Waals surface area (Å²) in [5, 5.41) is 7.58. The van der Waals surface area contributed by atoms with Gasteiger partial charge in [-0.3, -0.25) is 4.90 Å². The van der Waals surface area contributed by atoms with Gasteiger partial charge in [-0.05, 0) is 36.9 Å². The maximum atomic E-state index is 5.72. The molecule has 0 radical (unpaired) electrons. The molecule has 0 aliphatic carbocycles. The second-order valence-corrected chi connectivity index (χ2v) is 6.42. The Morgan fingerprint density at radius 2 is 2.32 bits per heavy atom. The van der Waals surface area contributed by atoms with Crippen molar-refractivity contribution in [1.29, 1.82) is 0 Å². The van der Waals surface area contributed by atoms with Crippen LogP contribution in [0, 0.1) is 5.92 Å². The Morgan fingerprint density at radius 1 is 1.42 bits per heavy atom. The van der Waals surface area contributed by atoms with Gasteiger partial charge < -0.3 is 5.73 Å². The quantitative estimate of drug-likeness (QED) is 0.943. The molecule has 0 spiro atoms. The van der Waals surface area contributed by atoms with Crippen molar-refractivity contribution in [2.45, 2.75) is 13.0 Å². The zero-order valence-electron chi connectivity index (χ0n) is 10.6. The predicted molar refractivity (Wildman–Crippen MR) is 85.1 cm³/mol. The number of nitrogens with zero attached hydrogens (tertiary/aromatic N) is 2. The largest absolute Gasteiger partial charge is 0.330 e. The van der Waals surface area contributed by atoms with Crippen LogP contribution in [0.15, 0.2) is 22.2 Å². The summed E-state index contributed by atoms with van der Waals surface area (Å²) in [5.74, 6) is 0.681. The third-order valence-corrected chi connectivity index (χ3v) is 5.03. The van der Waals surface area contributed by atoms with Crippen LogP contribution in [0.2, 0.25) is 0 Å². The number of aromatic nitrogens is 1. The van der Waals surface area contributed by atoms with E-state index in [2.05, 4.69) is 27.1 Å². The van der Waals surface area contributed by atoms with Gasteiger partial charge in [0.15, 0.2) is 0 Å². The van der Waals surface area contributed by atoms with Crippen molar-refractivity contribution in [3.05, 3.63) is 27.9 Å². The summed E-state index contributed by atoms with van der Waals surface area (Å²) in [4.78, 5) is 7.18. The first-order chi connectivity index (χ1) is 8.85. The molecule has 2 aromatic rings. The van der Waals surface area contributed by atoms with E-state index in [9.17, 15) is 0 Å². The van der Waals surface area contributed by atoms with Crippen LogP contribution >= 0.6 is 35.1 Å². The third kappa shape index (κ3) is 3.55. The fraction of sp³-hybridized carbons (Fsp3) is 0.462. The van der Waals surface area contributed by atoms with E-state index < -0.39 is 0 Å². The van der Waals surface area contributed by atoms with Crippen molar-refractivity contribution >= 4 is 35.1 Å². The van der Waals surface area contributed by atoms with E-state index in [1.807, 2.05) is 0 Å². The fourth-order valence-electron chi connectivity index (χ4n) is 2.38. The van der Waals surface area contributed by atoms with Crippen LogP contribution < -0.4 is 5.73 Å². The lowest BCUT2D eigenvalue weighted by atomic mass is 10.1. The lowest BCUT2D eigenvalue weighted by Gasteiger charge is -2.13. The first kappa shape index (κ1) is 14.9. The van der Waals surface area contributed by atoms with Crippen LogP contribution in [0.4, 0.5) is 0 Å². The molecule has 0 amide bonds. The molecule has 0 saturated carbocycles. The molecule has 2 N–H and O–H groups in total. The highest BCUT2D eigenvalue weighted by Crippen LogP contribution is 2.27. The number of thiazole rings is 1. The maximum absolute atomic E-state index is 5.72. The third-order valence-electron chi connectivity index (χ3n) is 3.41. The van der Waals surface area contributed by atoms with Crippen LogP contribution in [0.1, 0.15) is 12.1 Å². The zero-order valence-corrected chi connectivity index (χ0v) is 13.1. The molecule has 1 unspecified atom stereocenters. The van der Waals surface area contributed by atoms with Crippen LogP contribution in [-0.2, 0) is 6.54 Å². The van der Waals surface area contributed by atoms with Crippen molar-refractivity contribution in [2.75, 3.05) is 19.6 Å². The molecule has 0 bridgehead atoms. The van der Waals surface area contributed by atoms with Gasteiger partial charge >= 0.3 is 0 Å². The highest BCUT2D eigenvalue weighted by atomic mass is 35.5. The topological polar surface area (TPSA) is 42.1 Å². The minimum absolute atomic E-state index is 0. The second-order valence-electron chi connectivity index (χ2n) is 4.78. The molecule has 0 aromatic carbocycles. The van der Waals surface area contributed by atoms with Gasteiger partial charge in [0, 0.05) is 29.4 Å². The van der Waals surface area contributed by atoms with Crippen LogP contribution in [-0.4, -0.2) is 29.5 Å². The monoisotopic (exact) mass is 315 g/mol. The average molecular weight is 316 g/mol. The van der Waals surface area contributed by atoms with Gasteiger partial charge in [-0.2, -0.15) is 11.3 Å². The number of rotatable bonds is 4. The van der Waals surface area contributed by atoms with Gasteiger partial charge in [-0.15, -0.1) is 23.7 Å². The van der Waals surface area contributed by atoms with E-state index >= 15 is 0 Å². The SMILES string of the molecule is Cl.NCC1CCN(Cc2csc(-c3ccsc3)n2)C1. The van der Waals surface area contributed by atoms with Crippen LogP contribution in [0.25, 0.3) is 10.6 Å². The summed E-state index contributed by atoms with van der Waals surface area (Å²) in [6, 6.07) is 2.13. The molecule has 3 rings (SSSR count). The molecule has 19 heavy (non-hydrogen) atoms. The molecule has 1 fully saturated rings. The molecule has 2 aromatic heterocycles. The van der Waals surface area contributed by atoms with E-state index in [1.165, 1.54) is 17.7 Å². The molecule has 1 aliphatic heterocycles. The second kappa shape index (κ2) is 6.81. The number of halogens is 1. The van der Waals surface area contributed by atoms with Crippen molar-refractivity contribution in [2.24, 2.45) is 11.7 Å². The van der Waals surface area contributed by atoms with Crippen molar-refractivity contribution < 1.29 is 0 Å². The number of likely N-dealkylation sites (tertiary alicyclic amines) is 1. The Morgan fingerprint density at radius 3 is 3.00 bits per heavy atom. The smallest absolute Gasteiger partial charge is 0.124 e. The molecule has 1 saturated heterocycles. The summed E-state index contributed by atoms with van der Waals surface area (Å²) in [6.07, 6.45) is 1.23. The van der Waals surface area contributed by atoms with Crippen molar-refractivity contribution in [3.8, 4) is 10.6 Å². The summed E-state index contributed by atoms with van der Waals surface area (Å²) in [6.45, 7) is 4.07. The Kier molecular flexibility index (Phi) is 5.36. The van der Waals surface area contributed by atoms with Crippen LogP contribution in [0.3, 0.4) is 0 Å². The Hall–Kier alpha value is -0.460. The van der Waals surface area contributed by atoms with Gasteiger partial charge in [-0.1, -0.05) is 0 Å². The summed E-state index contributed by atoms with van der Waals surface area (Å²) in [7, 11) is 0. The standard InChI is InChI=1S/C13H17N3S2.ClH/c14-5-10-1-3-16(6-10)7-12-9-18-13(15-12)11-2-4-17-8-11;/h2,4,8-10H,1,3,5-7,14H2;1H. The van der Waals surface area contributed by atoms with Gasteiger partial charge in [-0.25, -0.2) is 4.98 Å². The molecule has 3 nitrogen and oxygen atoms in total. The number of nitrogens with two attached hydrogens (primary N) is 1. The normalized spacial score (nSPS) is 19.5. The highest BCUT2D eigenvalue weighted by molar-refractivity contribution is 7.14. The summed E-state index contributed by atoms with van der Waals surface area (Å²) >= 11 is 3.46. The minimum atomic E-state index is 0. The highest BCUT2D eigenvalue weighted by Gasteiger charge is 2.21. The van der Waals surface area contributed by atoms with Crippen LogP contribution in [0.5, 0.6) is 0 Å². The van der Waals surface area contributed by atoms with Crippen molar-refractivity contribution in [1.82, 2.24) is 9.88 Å². The van der Waals surface area contributed by atoms with E-state index in [0.29, 0.717) is 5.92 Å². The number of hydrogen-bond donors (Lipinski definition) is 1. The summed E-state index contributed by atoms with van der Waals surface area (Å²) < 4.78 is 0. The van der Waals surface area contributed by atoms with E-state index in [0.717, 1.165) is 31.2 Å². The summed E-state index contributed by atoms with van der Waals surface area (Å²) in [5.41, 5.74) is 8.16. The Balaban J connectivity index is 0.00000133. The predicted octanol–water partition coefficient (Wildman–Crippen LogP) is 3.07. The number of hydrogen-bond acceptors (Lipinski definition) is 5.